The lowest BCUT2D eigenvalue weighted by molar-refractivity contribution is 0.303. The van der Waals surface area contributed by atoms with Crippen LogP contribution in [0.15, 0.2) is 36.5 Å². The van der Waals surface area contributed by atoms with Crippen molar-refractivity contribution >= 4 is 10.9 Å². The number of pyridine rings is 1. The van der Waals surface area contributed by atoms with E-state index in [2.05, 4.69) is 58.8 Å². The van der Waals surface area contributed by atoms with Gasteiger partial charge in [0.05, 0.1) is 0 Å². The summed E-state index contributed by atoms with van der Waals surface area (Å²) in [6.45, 7) is 6.11. The molecule has 0 bridgehead atoms. The Labute approximate surface area is 162 Å². The molecule has 0 amide bonds. The molecular formula is C23H30N4. The number of aryl methyl sites for hydroxylation is 4. The smallest absolute Gasteiger partial charge is 0.0486 e. The third kappa shape index (κ3) is 3.78. The fourth-order valence-electron chi connectivity index (χ4n) is 4.22. The van der Waals surface area contributed by atoms with Crippen molar-refractivity contribution < 1.29 is 0 Å². The summed E-state index contributed by atoms with van der Waals surface area (Å²) in [4.78, 5) is 7.05. The van der Waals surface area contributed by atoms with Gasteiger partial charge in [0.1, 0.15) is 0 Å². The molecule has 142 valence electrons. The lowest BCUT2D eigenvalue weighted by Crippen LogP contribution is -2.28. The molecule has 0 saturated heterocycles. The van der Waals surface area contributed by atoms with Crippen LogP contribution in [0.3, 0.4) is 0 Å². The van der Waals surface area contributed by atoms with Gasteiger partial charge in [-0.2, -0.15) is 0 Å². The third-order valence-electron chi connectivity index (χ3n) is 5.75. The average molecular weight is 363 g/mol. The van der Waals surface area contributed by atoms with E-state index in [1.54, 1.807) is 5.56 Å². The first-order valence-corrected chi connectivity index (χ1v) is 10.1. The minimum atomic E-state index is 0.725. The Morgan fingerprint density at radius 3 is 2.81 bits per heavy atom. The number of hydrogen-bond acceptors (Lipinski definition) is 3. The Kier molecular flexibility index (Phi) is 5.28. The van der Waals surface area contributed by atoms with Crippen LogP contribution in [0.2, 0.25) is 0 Å². The van der Waals surface area contributed by atoms with Gasteiger partial charge in [0, 0.05) is 48.1 Å². The van der Waals surface area contributed by atoms with E-state index in [1.165, 1.54) is 27.7 Å². The van der Waals surface area contributed by atoms with Crippen LogP contribution in [0.1, 0.15) is 34.5 Å². The second-order valence-corrected chi connectivity index (χ2v) is 7.89. The monoisotopic (exact) mass is 362 g/mol. The summed E-state index contributed by atoms with van der Waals surface area (Å²) < 4.78 is 2.54. The molecule has 0 saturated carbocycles. The quantitative estimate of drug-likeness (QED) is 0.730. The topological polar surface area (TPSA) is 47.1 Å². The molecule has 1 aromatic carbocycles. The molecule has 2 N–H and O–H groups in total. The van der Waals surface area contributed by atoms with Crippen molar-refractivity contribution in [3.8, 4) is 0 Å². The Bertz CT molecular complexity index is 924. The SMILES string of the molecule is Cc1ccc2c(c1)c1c(n2CCc2ccc(CCCN)nc2)CN(C)CC1. The number of nitrogens with zero attached hydrogens (tertiary/aromatic N) is 3. The second-order valence-electron chi connectivity index (χ2n) is 7.89. The lowest BCUT2D eigenvalue weighted by Gasteiger charge is -2.24. The van der Waals surface area contributed by atoms with Crippen LogP contribution in [0.25, 0.3) is 10.9 Å². The molecule has 4 heteroatoms. The molecule has 0 fully saturated rings. The van der Waals surface area contributed by atoms with Gasteiger partial charge in [-0.05, 0) is 75.5 Å². The van der Waals surface area contributed by atoms with E-state index in [1.807, 2.05) is 6.20 Å². The molecule has 27 heavy (non-hydrogen) atoms. The average Bonchev–Trinajstić information content (AvgIpc) is 2.97. The van der Waals surface area contributed by atoms with E-state index in [0.717, 1.165) is 57.6 Å². The van der Waals surface area contributed by atoms with E-state index in [9.17, 15) is 0 Å². The largest absolute Gasteiger partial charge is 0.343 e. The minimum absolute atomic E-state index is 0.725. The number of likely N-dealkylation sites (N-methyl/N-ethyl adjacent to an activating group) is 1. The number of hydrogen-bond donors (Lipinski definition) is 1. The molecule has 1 aliphatic rings. The van der Waals surface area contributed by atoms with Gasteiger partial charge >= 0.3 is 0 Å². The summed E-state index contributed by atoms with van der Waals surface area (Å²) in [6.07, 6.45) is 6.17. The summed E-state index contributed by atoms with van der Waals surface area (Å²) in [5.41, 5.74) is 13.8. The molecule has 2 aromatic heterocycles. The molecule has 1 aliphatic heterocycles. The molecule has 0 unspecified atom stereocenters. The summed E-state index contributed by atoms with van der Waals surface area (Å²) in [5.74, 6) is 0. The Hall–Kier alpha value is -2.17. The van der Waals surface area contributed by atoms with E-state index >= 15 is 0 Å². The third-order valence-corrected chi connectivity index (χ3v) is 5.75. The molecule has 0 spiro atoms. The first-order chi connectivity index (χ1) is 13.2. The first kappa shape index (κ1) is 18.2. The minimum Gasteiger partial charge on any atom is -0.343 e. The van der Waals surface area contributed by atoms with Gasteiger partial charge in [0.2, 0.25) is 0 Å². The number of aromatic nitrogens is 2. The van der Waals surface area contributed by atoms with E-state index < -0.39 is 0 Å². The Morgan fingerprint density at radius 2 is 2.04 bits per heavy atom. The van der Waals surface area contributed by atoms with Crippen molar-refractivity contribution in [3.05, 3.63) is 64.6 Å². The van der Waals surface area contributed by atoms with Crippen LogP contribution in [0.5, 0.6) is 0 Å². The van der Waals surface area contributed by atoms with Crippen LogP contribution in [0, 0.1) is 6.92 Å². The predicted octanol–water partition coefficient (Wildman–Crippen LogP) is 3.47. The van der Waals surface area contributed by atoms with Gasteiger partial charge in [0.15, 0.2) is 0 Å². The van der Waals surface area contributed by atoms with Crippen molar-refractivity contribution in [2.24, 2.45) is 5.73 Å². The molecule has 3 aromatic rings. The van der Waals surface area contributed by atoms with E-state index in [4.69, 9.17) is 5.73 Å². The van der Waals surface area contributed by atoms with Gasteiger partial charge in [-0.25, -0.2) is 0 Å². The van der Waals surface area contributed by atoms with Crippen LogP contribution in [0.4, 0.5) is 0 Å². The Morgan fingerprint density at radius 1 is 1.15 bits per heavy atom. The van der Waals surface area contributed by atoms with Crippen molar-refractivity contribution in [2.45, 2.75) is 45.7 Å². The molecule has 4 rings (SSSR count). The fraction of sp³-hybridized carbons (Fsp3) is 0.435. The predicted molar refractivity (Wildman–Crippen MR) is 112 cm³/mol. The molecular weight excluding hydrogens is 332 g/mol. The highest BCUT2D eigenvalue weighted by molar-refractivity contribution is 5.86. The molecule has 0 aliphatic carbocycles. The zero-order valence-electron chi connectivity index (χ0n) is 16.5. The fourth-order valence-corrected chi connectivity index (χ4v) is 4.22. The maximum absolute atomic E-state index is 5.59. The van der Waals surface area contributed by atoms with Crippen LogP contribution in [-0.4, -0.2) is 34.6 Å². The van der Waals surface area contributed by atoms with Gasteiger partial charge in [0.25, 0.3) is 0 Å². The molecule has 0 atom stereocenters. The van der Waals surface area contributed by atoms with Crippen molar-refractivity contribution in [1.29, 1.82) is 0 Å². The molecule has 0 radical (unpaired) electrons. The zero-order chi connectivity index (χ0) is 18.8. The maximum Gasteiger partial charge on any atom is 0.0486 e. The maximum atomic E-state index is 5.59. The zero-order valence-corrected chi connectivity index (χ0v) is 16.5. The summed E-state index contributed by atoms with van der Waals surface area (Å²) in [5, 5.41) is 1.45. The van der Waals surface area contributed by atoms with E-state index in [0.29, 0.717) is 0 Å². The highest BCUT2D eigenvalue weighted by Gasteiger charge is 2.22. The normalized spacial score (nSPS) is 14.6. The highest BCUT2D eigenvalue weighted by Crippen LogP contribution is 2.31. The van der Waals surface area contributed by atoms with Gasteiger partial charge in [-0.1, -0.05) is 17.7 Å². The number of fused-ring (bicyclic) bond motifs is 3. The van der Waals surface area contributed by atoms with Crippen LogP contribution in [-0.2, 0) is 32.4 Å². The van der Waals surface area contributed by atoms with Crippen molar-refractivity contribution in [2.75, 3.05) is 20.1 Å². The van der Waals surface area contributed by atoms with Crippen LogP contribution >= 0.6 is 0 Å². The number of nitrogens with two attached hydrogens (primary N) is 1. The lowest BCUT2D eigenvalue weighted by atomic mass is 10.0. The first-order valence-electron chi connectivity index (χ1n) is 10.1. The Balaban J connectivity index is 1.59. The molecule has 3 heterocycles. The van der Waals surface area contributed by atoms with Crippen LogP contribution < -0.4 is 5.73 Å². The number of benzene rings is 1. The summed E-state index contributed by atoms with van der Waals surface area (Å²) >= 11 is 0. The standard InChI is InChI=1S/C23H30N4/c1-17-5-8-22-21(14-17)20-10-12-26(2)16-23(20)27(22)13-9-18-6-7-19(25-15-18)4-3-11-24/h5-8,14-15H,3-4,9-13,16,24H2,1-2H3. The summed E-state index contributed by atoms with van der Waals surface area (Å²) in [7, 11) is 2.22. The summed E-state index contributed by atoms with van der Waals surface area (Å²) in [6, 6.07) is 11.3. The van der Waals surface area contributed by atoms with Crippen molar-refractivity contribution in [3.63, 3.8) is 0 Å². The van der Waals surface area contributed by atoms with Crippen molar-refractivity contribution in [1.82, 2.24) is 14.5 Å². The van der Waals surface area contributed by atoms with Gasteiger partial charge in [-0.3, -0.25) is 4.98 Å². The van der Waals surface area contributed by atoms with Gasteiger partial charge < -0.3 is 15.2 Å². The van der Waals surface area contributed by atoms with Gasteiger partial charge in [-0.15, -0.1) is 0 Å². The highest BCUT2D eigenvalue weighted by atomic mass is 15.1. The second kappa shape index (κ2) is 7.83. The number of rotatable bonds is 6. The molecule has 4 nitrogen and oxygen atoms in total. The van der Waals surface area contributed by atoms with E-state index in [-0.39, 0.29) is 0 Å².